The molecule has 3 aliphatic carbocycles. The van der Waals surface area contributed by atoms with E-state index in [1.807, 2.05) is 0 Å². The first-order valence-corrected chi connectivity index (χ1v) is 7.88. The van der Waals surface area contributed by atoms with Gasteiger partial charge in [0.15, 0.2) is 0 Å². The monoisotopic (exact) mass is 280 g/mol. The molecule has 2 unspecified atom stereocenters. The van der Waals surface area contributed by atoms with Gasteiger partial charge in [-0.15, -0.1) is 0 Å². The van der Waals surface area contributed by atoms with Gasteiger partial charge in [0.05, 0.1) is 5.92 Å². The van der Waals surface area contributed by atoms with Crippen LogP contribution < -0.4 is 10.6 Å². The van der Waals surface area contributed by atoms with Gasteiger partial charge in [0.1, 0.15) is 0 Å². The third-order valence-corrected chi connectivity index (χ3v) is 5.34. The summed E-state index contributed by atoms with van der Waals surface area (Å²) in [6.45, 7) is 0.758. The Kier molecular flexibility index (Phi) is 3.61. The summed E-state index contributed by atoms with van der Waals surface area (Å²) in [6.07, 6.45) is 8.49. The first-order chi connectivity index (χ1) is 9.61. The third-order valence-electron chi connectivity index (χ3n) is 5.34. The van der Waals surface area contributed by atoms with Crippen molar-refractivity contribution in [3.8, 4) is 0 Å². The van der Waals surface area contributed by atoms with E-state index >= 15 is 0 Å². The normalized spacial score (nSPS) is 31.4. The lowest BCUT2D eigenvalue weighted by molar-refractivity contribution is -0.143. The van der Waals surface area contributed by atoms with Crippen LogP contribution in [-0.4, -0.2) is 29.7 Å². The molecule has 0 heterocycles. The number of carboxylic acid groups (broad SMARTS) is 1. The molecule has 0 saturated heterocycles. The minimum absolute atomic E-state index is 0.185. The lowest BCUT2D eigenvalue weighted by Gasteiger charge is -2.29. The summed E-state index contributed by atoms with van der Waals surface area (Å²) in [5.74, 6) is -0.385. The number of hydrogen-bond acceptors (Lipinski definition) is 2. The fourth-order valence-corrected chi connectivity index (χ4v) is 3.66. The predicted octanol–water partition coefficient (Wildman–Crippen LogP) is 2.12. The van der Waals surface area contributed by atoms with Crippen molar-refractivity contribution >= 4 is 12.0 Å². The summed E-state index contributed by atoms with van der Waals surface area (Å²) < 4.78 is 0. The van der Waals surface area contributed by atoms with Gasteiger partial charge in [-0.25, -0.2) is 4.79 Å². The van der Waals surface area contributed by atoms with E-state index in [2.05, 4.69) is 10.6 Å². The van der Waals surface area contributed by atoms with E-state index < -0.39 is 11.9 Å². The first kappa shape index (κ1) is 13.7. The van der Waals surface area contributed by atoms with E-state index in [0.717, 1.165) is 31.7 Å². The first-order valence-electron chi connectivity index (χ1n) is 7.88. The Labute approximate surface area is 119 Å². The molecular weight excluding hydrogens is 256 g/mol. The van der Waals surface area contributed by atoms with Crippen LogP contribution in [0, 0.1) is 17.3 Å². The van der Waals surface area contributed by atoms with E-state index in [1.54, 1.807) is 0 Å². The molecule has 0 aromatic rings. The summed E-state index contributed by atoms with van der Waals surface area (Å²) in [5.41, 5.74) is 0.385. The van der Waals surface area contributed by atoms with Gasteiger partial charge in [0.2, 0.25) is 0 Å². The smallest absolute Gasteiger partial charge is 0.315 e. The van der Waals surface area contributed by atoms with Crippen LogP contribution in [0.4, 0.5) is 4.79 Å². The van der Waals surface area contributed by atoms with Crippen molar-refractivity contribution in [2.45, 2.75) is 57.4 Å². The fourth-order valence-electron chi connectivity index (χ4n) is 3.66. The molecule has 0 aromatic heterocycles. The number of rotatable bonds is 5. The molecule has 20 heavy (non-hydrogen) atoms. The SMILES string of the molecule is O=C(NCC1(C2CC2)CC1)NC1CCCCC1C(=O)O. The largest absolute Gasteiger partial charge is 0.481 e. The number of urea groups is 1. The Morgan fingerprint density at radius 1 is 1.10 bits per heavy atom. The van der Waals surface area contributed by atoms with Gasteiger partial charge in [-0.2, -0.15) is 0 Å². The second kappa shape index (κ2) is 5.26. The van der Waals surface area contributed by atoms with E-state index in [4.69, 9.17) is 0 Å². The molecule has 5 nitrogen and oxygen atoms in total. The van der Waals surface area contributed by atoms with Gasteiger partial charge in [-0.1, -0.05) is 12.8 Å². The second-order valence-electron chi connectivity index (χ2n) is 6.80. The molecule has 112 valence electrons. The highest BCUT2D eigenvalue weighted by atomic mass is 16.4. The van der Waals surface area contributed by atoms with Crippen LogP contribution in [0.15, 0.2) is 0 Å². The van der Waals surface area contributed by atoms with Crippen molar-refractivity contribution < 1.29 is 14.7 Å². The Balaban J connectivity index is 1.46. The maximum atomic E-state index is 12.0. The molecule has 0 aromatic carbocycles. The second-order valence-corrected chi connectivity index (χ2v) is 6.80. The van der Waals surface area contributed by atoms with Gasteiger partial charge >= 0.3 is 12.0 Å². The van der Waals surface area contributed by atoms with Crippen LogP contribution in [0.3, 0.4) is 0 Å². The summed E-state index contributed by atoms with van der Waals surface area (Å²) in [7, 11) is 0. The summed E-state index contributed by atoms with van der Waals surface area (Å²) in [6, 6.07) is -0.396. The lowest BCUT2D eigenvalue weighted by Crippen LogP contribution is -2.49. The Morgan fingerprint density at radius 3 is 2.40 bits per heavy atom. The molecule has 3 fully saturated rings. The van der Waals surface area contributed by atoms with Gasteiger partial charge < -0.3 is 15.7 Å². The number of carbonyl (C=O) groups is 2. The van der Waals surface area contributed by atoms with Crippen LogP contribution in [0.1, 0.15) is 51.4 Å². The van der Waals surface area contributed by atoms with Crippen LogP contribution in [0.2, 0.25) is 0 Å². The number of hydrogen-bond donors (Lipinski definition) is 3. The highest BCUT2D eigenvalue weighted by molar-refractivity contribution is 5.76. The molecular formula is C15H24N2O3. The molecule has 0 bridgehead atoms. The molecule has 5 heteroatoms. The maximum Gasteiger partial charge on any atom is 0.315 e. The van der Waals surface area contributed by atoms with Crippen LogP contribution in [0.5, 0.6) is 0 Å². The van der Waals surface area contributed by atoms with Crippen LogP contribution in [0.25, 0.3) is 0 Å². The zero-order valence-electron chi connectivity index (χ0n) is 11.9. The summed E-state index contributed by atoms with van der Waals surface area (Å²) in [5, 5.41) is 15.0. The van der Waals surface area contributed by atoms with Crippen molar-refractivity contribution in [1.82, 2.24) is 10.6 Å². The highest BCUT2D eigenvalue weighted by Gasteiger charge is 2.53. The molecule has 0 aliphatic heterocycles. The molecule has 3 saturated carbocycles. The van der Waals surface area contributed by atoms with Crippen molar-refractivity contribution in [1.29, 1.82) is 0 Å². The molecule has 3 rings (SSSR count). The van der Waals surface area contributed by atoms with Crippen LogP contribution in [-0.2, 0) is 4.79 Å². The Morgan fingerprint density at radius 2 is 1.80 bits per heavy atom. The topological polar surface area (TPSA) is 78.4 Å². The Bertz CT molecular complexity index is 402. The van der Waals surface area contributed by atoms with Crippen molar-refractivity contribution in [3.05, 3.63) is 0 Å². The molecule has 3 aliphatic rings. The number of aliphatic carboxylic acids is 1. The number of amides is 2. The minimum Gasteiger partial charge on any atom is -0.481 e. The molecule has 2 atom stereocenters. The van der Waals surface area contributed by atoms with Gasteiger partial charge in [-0.3, -0.25) is 4.79 Å². The lowest BCUT2D eigenvalue weighted by atomic mass is 9.84. The van der Waals surface area contributed by atoms with Gasteiger partial charge in [-0.05, 0) is 49.9 Å². The predicted molar refractivity (Wildman–Crippen MR) is 74.3 cm³/mol. The molecule has 3 N–H and O–H groups in total. The molecule has 2 amide bonds. The van der Waals surface area contributed by atoms with E-state index in [0.29, 0.717) is 11.8 Å². The van der Waals surface area contributed by atoms with Crippen LogP contribution >= 0.6 is 0 Å². The maximum absolute atomic E-state index is 12.0. The quantitative estimate of drug-likeness (QED) is 0.721. The van der Waals surface area contributed by atoms with E-state index in [9.17, 15) is 14.7 Å². The van der Waals surface area contributed by atoms with E-state index in [-0.39, 0.29) is 12.1 Å². The molecule has 0 radical (unpaired) electrons. The summed E-state index contributed by atoms with van der Waals surface area (Å²) in [4.78, 5) is 23.2. The standard InChI is InChI=1S/C15H24N2O3/c18-13(19)11-3-1-2-4-12(11)17-14(20)16-9-15(7-8-15)10-5-6-10/h10-12H,1-9H2,(H,18,19)(H2,16,17,20). The van der Waals surface area contributed by atoms with Gasteiger partial charge in [0.25, 0.3) is 0 Å². The number of carboxylic acids is 1. The fraction of sp³-hybridized carbons (Fsp3) is 0.867. The Hall–Kier alpha value is -1.26. The zero-order valence-corrected chi connectivity index (χ0v) is 11.9. The van der Waals surface area contributed by atoms with Crippen molar-refractivity contribution in [2.24, 2.45) is 17.3 Å². The average Bonchev–Trinajstić information content (AvgIpc) is 3.28. The zero-order chi connectivity index (χ0) is 14.2. The third kappa shape index (κ3) is 2.91. The highest BCUT2D eigenvalue weighted by Crippen LogP contribution is 2.60. The summed E-state index contributed by atoms with van der Waals surface area (Å²) >= 11 is 0. The molecule has 0 spiro atoms. The van der Waals surface area contributed by atoms with Crippen molar-refractivity contribution in [2.75, 3.05) is 6.54 Å². The number of carbonyl (C=O) groups excluding carboxylic acids is 1. The van der Waals surface area contributed by atoms with Crippen molar-refractivity contribution in [3.63, 3.8) is 0 Å². The minimum atomic E-state index is -0.786. The average molecular weight is 280 g/mol. The number of nitrogens with one attached hydrogen (secondary N) is 2. The van der Waals surface area contributed by atoms with E-state index in [1.165, 1.54) is 25.7 Å². The van der Waals surface area contributed by atoms with Gasteiger partial charge in [0, 0.05) is 12.6 Å².